The summed E-state index contributed by atoms with van der Waals surface area (Å²) in [4.78, 5) is 2.43. The van der Waals surface area contributed by atoms with Gasteiger partial charge in [0.25, 0.3) is 0 Å². The molecule has 2 aromatic rings. The van der Waals surface area contributed by atoms with Gasteiger partial charge in [-0.15, -0.1) is 0 Å². The molecule has 5 nitrogen and oxygen atoms in total. The maximum Gasteiger partial charge on any atom is 0.161 e. The molecule has 0 spiro atoms. The highest BCUT2D eigenvalue weighted by Crippen LogP contribution is 2.35. The van der Waals surface area contributed by atoms with Crippen LogP contribution in [0.4, 0.5) is 0 Å². The van der Waals surface area contributed by atoms with E-state index < -0.39 is 0 Å². The lowest BCUT2D eigenvalue weighted by Crippen LogP contribution is -2.45. The summed E-state index contributed by atoms with van der Waals surface area (Å²) in [5, 5.41) is 3.40. The molecule has 5 heteroatoms. The van der Waals surface area contributed by atoms with E-state index in [1.807, 2.05) is 25.1 Å². The van der Waals surface area contributed by atoms with Crippen molar-refractivity contribution in [3.05, 3.63) is 47.9 Å². The minimum absolute atomic E-state index is 0.0941. The molecule has 124 valence electrons. The first-order chi connectivity index (χ1) is 11.3. The molecule has 3 rings (SSSR count). The van der Waals surface area contributed by atoms with E-state index in [0.29, 0.717) is 6.61 Å². The summed E-state index contributed by atoms with van der Waals surface area (Å²) in [5.41, 5.74) is 1.15. The van der Waals surface area contributed by atoms with E-state index in [-0.39, 0.29) is 6.04 Å². The van der Waals surface area contributed by atoms with E-state index in [9.17, 15) is 0 Å². The van der Waals surface area contributed by atoms with Gasteiger partial charge < -0.3 is 19.2 Å². The highest BCUT2D eigenvalue weighted by atomic mass is 16.5. The second-order valence-corrected chi connectivity index (χ2v) is 5.55. The van der Waals surface area contributed by atoms with Crippen molar-refractivity contribution in [1.82, 2.24) is 10.2 Å². The van der Waals surface area contributed by atoms with Gasteiger partial charge in [0, 0.05) is 26.2 Å². The number of hydrogen-bond donors (Lipinski definition) is 1. The fourth-order valence-corrected chi connectivity index (χ4v) is 3.07. The Morgan fingerprint density at radius 3 is 2.70 bits per heavy atom. The van der Waals surface area contributed by atoms with Crippen LogP contribution >= 0.6 is 0 Å². The van der Waals surface area contributed by atoms with Crippen molar-refractivity contribution in [2.24, 2.45) is 0 Å². The van der Waals surface area contributed by atoms with Crippen molar-refractivity contribution in [3.63, 3.8) is 0 Å². The number of nitrogens with one attached hydrogen (secondary N) is 1. The average Bonchev–Trinajstić information content (AvgIpc) is 3.11. The first-order valence-corrected chi connectivity index (χ1v) is 8.12. The Labute approximate surface area is 137 Å². The van der Waals surface area contributed by atoms with E-state index in [1.54, 1.807) is 13.4 Å². The lowest BCUT2D eigenvalue weighted by Gasteiger charge is -2.34. The van der Waals surface area contributed by atoms with Crippen LogP contribution in [-0.4, -0.2) is 44.8 Å². The second kappa shape index (κ2) is 7.53. The van der Waals surface area contributed by atoms with Gasteiger partial charge in [-0.05, 0) is 36.8 Å². The number of ether oxygens (including phenoxy) is 2. The number of furan rings is 1. The first-order valence-electron chi connectivity index (χ1n) is 8.12. The molecule has 1 aliphatic heterocycles. The van der Waals surface area contributed by atoms with Crippen molar-refractivity contribution in [2.75, 3.05) is 39.9 Å². The quantitative estimate of drug-likeness (QED) is 0.888. The summed E-state index contributed by atoms with van der Waals surface area (Å²) in [7, 11) is 1.67. The molecule has 23 heavy (non-hydrogen) atoms. The molecule has 1 aliphatic rings. The minimum Gasteiger partial charge on any atom is -0.493 e. The van der Waals surface area contributed by atoms with Crippen LogP contribution in [0.3, 0.4) is 0 Å². The molecule has 0 radical (unpaired) electrons. The smallest absolute Gasteiger partial charge is 0.161 e. The molecule has 2 heterocycles. The Morgan fingerprint density at radius 2 is 2.04 bits per heavy atom. The van der Waals surface area contributed by atoms with E-state index in [2.05, 4.69) is 22.3 Å². The molecule has 0 amide bonds. The predicted octanol–water partition coefficient (Wildman–Crippen LogP) is 2.68. The van der Waals surface area contributed by atoms with Gasteiger partial charge in [0.05, 0.1) is 26.0 Å². The van der Waals surface area contributed by atoms with Gasteiger partial charge in [0.1, 0.15) is 5.76 Å². The summed E-state index contributed by atoms with van der Waals surface area (Å²) < 4.78 is 16.9. The second-order valence-electron chi connectivity index (χ2n) is 5.55. The minimum atomic E-state index is 0.0941. The molecule has 0 saturated carbocycles. The Bertz CT molecular complexity index is 607. The highest BCUT2D eigenvalue weighted by Gasteiger charge is 2.26. The van der Waals surface area contributed by atoms with Crippen LogP contribution in [0.25, 0.3) is 0 Å². The number of piperazine rings is 1. The Hall–Kier alpha value is -1.98. The summed E-state index contributed by atoms with van der Waals surface area (Å²) in [5.74, 6) is 2.49. The third kappa shape index (κ3) is 3.51. The Morgan fingerprint density at radius 1 is 1.22 bits per heavy atom. The zero-order valence-corrected chi connectivity index (χ0v) is 13.7. The van der Waals surface area contributed by atoms with Crippen LogP contribution in [0, 0.1) is 0 Å². The zero-order chi connectivity index (χ0) is 16.1. The van der Waals surface area contributed by atoms with Crippen molar-refractivity contribution < 1.29 is 13.9 Å². The normalized spacial score (nSPS) is 17.0. The zero-order valence-electron chi connectivity index (χ0n) is 13.7. The third-order valence-corrected chi connectivity index (χ3v) is 4.13. The summed E-state index contributed by atoms with van der Waals surface area (Å²) in [6, 6.07) is 10.2. The molecule has 1 N–H and O–H groups in total. The SMILES string of the molecule is CCOc1ccc(C(c2ccco2)N2CCNCC2)cc1OC. The van der Waals surface area contributed by atoms with Crippen LogP contribution in [0.1, 0.15) is 24.3 Å². The average molecular weight is 316 g/mol. The maximum atomic E-state index is 5.72. The third-order valence-electron chi connectivity index (χ3n) is 4.13. The summed E-state index contributed by atoms with van der Waals surface area (Å²) in [6.45, 7) is 6.55. The summed E-state index contributed by atoms with van der Waals surface area (Å²) >= 11 is 0. The highest BCUT2D eigenvalue weighted by molar-refractivity contribution is 5.45. The van der Waals surface area contributed by atoms with Crippen molar-refractivity contribution >= 4 is 0 Å². The van der Waals surface area contributed by atoms with Crippen molar-refractivity contribution in [3.8, 4) is 11.5 Å². The van der Waals surface area contributed by atoms with Crippen LogP contribution in [0.5, 0.6) is 11.5 Å². The van der Waals surface area contributed by atoms with Crippen LogP contribution < -0.4 is 14.8 Å². The number of benzene rings is 1. The predicted molar refractivity (Wildman–Crippen MR) is 89.2 cm³/mol. The molecular weight excluding hydrogens is 292 g/mol. The van der Waals surface area contributed by atoms with Crippen LogP contribution in [0.15, 0.2) is 41.0 Å². The monoisotopic (exact) mass is 316 g/mol. The molecule has 0 aliphatic carbocycles. The molecule has 1 aromatic carbocycles. The Kier molecular flexibility index (Phi) is 5.20. The molecule has 1 atom stereocenters. The van der Waals surface area contributed by atoms with Gasteiger partial charge in [-0.2, -0.15) is 0 Å². The van der Waals surface area contributed by atoms with Crippen LogP contribution in [-0.2, 0) is 0 Å². The fourth-order valence-electron chi connectivity index (χ4n) is 3.07. The maximum absolute atomic E-state index is 5.72. The number of rotatable bonds is 6. The molecule has 1 aromatic heterocycles. The van der Waals surface area contributed by atoms with Crippen molar-refractivity contribution in [2.45, 2.75) is 13.0 Å². The lowest BCUT2D eigenvalue weighted by molar-refractivity contribution is 0.179. The molecule has 0 bridgehead atoms. The van der Waals surface area contributed by atoms with Gasteiger partial charge in [-0.3, -0.25) is 4.90 Å². The topological polar surface area (TPSA) is 46.9 Å². The van der Waals surface area contributed by atoms with Crippen molar-refractivity contribution in [1.29, 1.82) is 0 Å². The summed E-state index contributed by atoms with van der Waals surface area (Å²) in [6.07, 6.45) is 1.73. The van der Waals surface area contributed by atoms with Gasteiger partial charge in [-0.1, -0.05) is 6.07 Å². The van der Waals surface area contributed by atoms with Gasteiger partial charge in [0.2, 0.25) is 0 Å². The van der Waals surface area contributed by atoms with Gasteiger partial charge in [0.15, 0.2) is 11.5 Å². The first kappa shape index (κ1) is 15.9. The van der Waals surface area contributed by atoms with E-state index >= 15 is 0 Å². The van der Waals surface area contributed by atoms with Gasteiger partial charge >= 0.3 is 0 Å². The number of methoxy groups -OCH3 is 1. The lowest BCUT2D eigenvalue weighted by atomic mass is 10.0. The number of hydrogen-bond acceptors (Lipinski definition) is 5. The van der Waals surface area contributed by atoms with E-state index in [0.717, 1.165) is 49.0 Å². The van der Waals surface area contributed by atoms with E-state index in [1.165, 1.54) is 0 Å². The van der Waals surface area contributed by atoms with Gasteiger partial charge in [-0.25, -0.2) is 0 Å². The molecule has 1 unspecified atom stereocenters. The molecule has 1 saturated heterocycles. The van der Waals surface area contributed by atoms with Crippen LogP contribution in [0.2, 0.25) is 0 Å². The molecular formula is C18H24N2O3. The standard InChI is InChI=1S/C18H24N2O3/c1-3-22-15-7-6-14(13-17(15)21-2)18(16-5-4-12-23-16)20-10-8-19-9-11-20/h4-7,12-13,18-19H,3,8-11H2,1-2H3. The Balaban J connectivity index is 1.96. The van der Waals surface area contributed by atoms with E-state index in [4.69, 9.17) is 13.9 Å². The fraction of sp³-hybridized carbons (Fsp3) is 0.444. The molecule has 1 fully saturated rings. The largest absolute Gasteiger partial charge is 0.493 e. The number of nitrogens with zero attached hydrogens (tertiary/aromatic N) is 1.